The summed E-state index contributed by atoms with van der Waals surface area (Å²) in [6, 6.07) is 2.10. The van der Waals surface area contributed by atoms with Crippen LogP contribution in [0.25, 0.3) is 0 Å². The summed E-state index contributed by atoms with van der Waals surface area (Å²) in [6.07, 6.45) is 0. The lowest BCUT2D eigenvalue weighted by atomic mass is 9.73. The Labute approximate surface area is 171 Å². The van der Waals surface area contributed by atoms with Crippen LogP contribution in [0.3, 0.4) is 0 Å². The number of benzene rings is 2. The van der Waals surface area contributed by atoms with Crippen molar-refractivity contribution >= 4 is 22.1 Å². The van der Waals surface area contributed by atoms with Gasteiger partial charge in [0.25, 0.3) is 0 Å². The van der Waals surface area contributed by atoms with E-state index in [1.54, 1.807) is 0 Å². The number of carbonyl (C=O) groups excluding carboxylic acids is 1. The standard InChI is InChI=1S/C18H15F8N3OS/c1-18(11-7-13(20)14(21)8-12(11)19)15(16(30)29(2)17(27)28-18)9-3-5-10(6-4-9)31(22,23,24,25)26/h3-8,15H,1-2H3,(H2,27,28)/t15-,18+/m0/s1. The quantitative estimate of drug-likeness (QED) is 0.440. The molecule has 2 N–H and O–H groups in total. The van der Waals surface area contributed by atoms with Gasteiger partial charge in [0, 0.05) is 18.7 Å². The first kappa shape index (κ1) is 22.8. The summed E-state index contributed by atoms with van der Waals surface area (Å²) in [4.78, 5) is 11.5. The number of halogens is 8. The molecule has 2 atom stereocenters. The van der Waals surface area contributed by atoms with Gasteiger partial charge in [0.15, 0.2) is 17.6 Å². The molecule has 2 aromatic rings. The molecule has 1 aliphatic heterocycles. The first-order valence-corrected chi connectivity index (χ1v) is 10.4. The maximum Gasteiger partial charge on any atom is 0.310 e. The predicted octanol–water partition coefficient (Wildman–Crippen LogP) is 5.76. The molecular weight excluding hydrogens is 458 g/mol. The third-order valence-corrected chi connectivity index (χ3v) is 6.26. The van der Waals surface area contributed by atoms with Crippen LogP contribution in [0.15, 0.2) is 41.3 Å². The molecule has 1 heterocycles. The maximum absolute atomic E-state index is 14.5. The number of rotatable bonds is 3. The largest absolute Gasteiger partial charge is 0.346 e. The van der Waals surface area contributed by atoms with Gasteiger partial charge in [0.2, 0.25) is 5.91 Å². The molecule has 13 heteroatoms. The second kappa shape index (κ2) is 6.11. The molecular formula is C18H15F8N3OS. The Hall–Kier alpha value is -2.83. The first-order chi connectivity index (χ1) is 13.8. The van der Waals surface area contributed by atoms with Crippen molar-refractivity contribution < 1.29 is 37.4 Å². The third-order valence-electron chi connectivity index (χ3n) is 5.10. The maximum atomic E-state index is 14.5. The van der Waals surface area contributed by atoms with E-state index in [1.165, 1.54) is 0 Å². The van der Waals surface area contributed by atoms with Crippen molar-refractivity contribution in [3.63, 3.8) is 0 Å². The molecule has 2 aromatic carbocycles. The monoisotopic (exact) mass is 473 g/mol. The van der Waals surface area contributed by atoms with Gasteiger partial charge >= 0.3 is 10.2 Å². The van der Waals surface area contributed by atoms with Crippen molar-refractivity contribution in [2.75, 3.05) is 7.05 Å². The Morgan fingerprint density at radius 2 is 1.48 bits per heavy atom. The van der Waals surface area contributed by atoms with Crippen molar-refractivity contribution in [3.05, 3.63) is 65.0 Å². The lowest BCUT2D eigenvalue weighted by Gasteiger charge is -2.46. The van der Waals surface area contributed by atoms with Crippen molar-refractivity contribution in [3.8, 4) is 0 Å². The van der Waals surface area contributed by atoms with Crippen LogP contribution in [0.1, 0.15) is 24.0 Å². The van der Waals surface area contributed by atoms with Gasteiger partial charge in [-0.15, -0.1) is 0 Å². The van der Waals surface area contributed by atoms with Gasteiger partial charge < -0.3 is 5.32 Å². The van der Waals surface area contributed by atoms with Gasteiger partial charge in [-0.3, -0.25) is 15.1 Å². The van der Waals surface area contributed by atoms with Crippen LogP contribution < -0.4 is 5.32 Å². The van der Waals surface area contributed by atoms with E-state index < -0.39 is 61.5 Å². The van der Waals surface area contributed by atoms with Crippen molar-refractivity contribution in [1.82, 2.24) is 10.2 Å². The number of hydrogen-bond acceptors (Lipinski definition) is 2. The third kappa shape index (κ3) is 3.93. The van der Waals surface area contributed by atoms with Crippen LogP contribution >= 0.6 is 10.2 Å². The lowest BCUT2D eigenvalue weighted by Crippen LogP contribution is -2.62. The summed E-state index contributed by atoms with van der Waals surface area (Å²) in [5.41, 5.74) is -2.79. The highest BCUT2D eigenvalue weighted by Gasteiger charge is 2.65. The second-order valence-electron chi connectivity index (χ2n) is 7.29. The SMILES string of the molecule is CN1C(=N)N[C@](C)(c2cc(F)c(F)cc2F)[C@@H](c2ccc(S(F)(F)(F)(F)F)cc2)C1=O. The van der Waals surface area contributed by atoms with E-state index in [2.05, 4.69) is 5.32 Å². The van der Waals surface area contributed by atoms with E-state index in [4.69, 9.17) is 5.41 Å². The minimum Gasteiger partial charge on any atom is -0.346 e. The van der Waals surface area contributed by atoms with Crippen molar-refractivity contribution in [2.24, 2.45) is 0 Å². The average molecular weight is 473 g/mol. The van der Waals surface area contributed by atoms with Gasteiger partial charge in [0.1, 0.15) is 10.7 Å². The summed E-state index contributed by atoms with van der Waals surface area (Å²) in [5.74, 6) is -7.29. The Balaban J connectivity index is 2.21. The van der Waals surface area contributed by atoms with Crippen LogP contribution in [0, 0.1) is 22.9 Å². The number of carbonyl (C=O) groups is 1. The first-order valence-electron chi connectivity index (χ1n) is 8.48. The Bertz CT molecular complexity index is 1100. The number of guanidine groups is 1. The molecule has 0 unspecified atom stereocenters. The molecule has 0 spiro atoms. The summed E-state index contributed by atoms with van der Waals surface area (Å²) in [6.45, 7) is 1.16. The molecule has 4 nitrogen and oxygen atoms in total. The van der Waals surface area contributed by atoms with E-state index in [-0.39, 0.29) is 23.8 Å². The molecule has 0 bridgehead atoms. The topological polar surface area (TPSA) is 56.2 Å². The number of hydrogen-bond donors (Lipinski definition) is 2. The minimum atomic E-state index is -9.98. The van der Waals surface area contributed by atoms with Crippen LogP contribution in [0.5, 0.6) is 0 Å². The number of likely N-dealkylation sites (N-methyl/N-ethyl adjacent to an activating group) is 1. The second-order valence-corrected chi connectivity index (χ2v) is 9.70. The molecule has 170 valence electrons. The van der Waals surface area contributed by atoms with Crippen LogP contribution in [-0.2, 0) is 10.3 Å². The normalized spacial score (nSPS) is 24.5. The van der Waals surface area contributed by atoms with E-state index in [0.717, 1.165) is 18.9 Å². The molecule has 1 amide bonds. The van der Waals surface area contributed by atoms with E-state index >= 15 is 0 Å². The Kier molecular flexibility index (Phi) is 4.51. The highest BCUT2D eigenvalue weighted by atomic mass is 32.5. The number of amides is 1. The molecule has 31 heavy (non-hydrogen) atoms. The van der Waals surface area contributed by atoms with Crippen molar-refractivity contribution in [1.29, 1.82) is 5.41 Å². The van der Waals surface area contributed by atoms with Crippen molar-refractivity contribution in [2.45, 2.75) is 23.3 Å². The van der Waals surface area contributed by atoms with Gasteiger partial charge in [-0.2, -0.15) is 0 Å². The van der Waals surface area contributed by atoms with Gasteiger partial charge in [-0.25, -0.2) is 13.2 Å². The molecule has 0 radical (unpaired) electrons. The average Bonchev–Trinajstić information content (AvgIpc) is 2.61. The minimum absolute atomic E-state index is 0.0894. The van der Waals surface area contributed by atoms with E-state index in [0.29, 0.717) is 18.2 Å². The Morgan fingerprint density at radius 1 is 0.968 bits per heavy atom. The summed E-state index contributed by atoms with van der Waals surface area (Å²) < 4.78 is 107. The smallest absolute Gasteiger partial charge is 0.310 e. The molecule has 3 rings (SSSR count). The van der Waals surface area contributed by atoms with Gasteiger partial charge in [-0.05, 0) is 30.7 Å². The van der Waals surface area contributed by atoms with Crippen LogP contribution in [0.4, 0.5) is 32.6 Å². The van der Waals surface area contributed by atoms with Gasteiger partial charge in [-0.1, -0.05) is 31.6 Å². The van der Waals surface area contributed by atoms with E-state index in [9.17, 15) is 37.4 Å². The van der Waals surface area contributed by atoms with Crippen LogP contribution in [0.2, 0.25) is 0 Å². The zero-order valence-electron chi connectivity index (χ0n) is 15.8. The summed E-state index contributed by atoms with van der Waals surface area (Å²) >= 11 is 0. The Morgan fingerprint density at radius 3 is 2.00 bits per heavy atom. The fourth-order valence-corrected chi connectivity index (χ4v) is 4.14. The fourth-order valence-electron chi connectivity index (χ4n) is 3.49. The van der Waals surface area contributed by atoms with E-state index in [1.807, 2.05) is 0 Å². The molecule has 1 aliphatic rings. The number of nitrogens with zero attached hydrogens (tertiary/aromatic N) is 1. The zero-order chi connectivity index (χ0) is 23.6. The zero-order valence-corrected chi connectivity index (χ0v) is 16.6. The highest BCUT2D eigenvalue weighted by molar-refractivity contribution is 8.45. The summed E-state index contributed by atoms with van der Waals surface area (Å²) in [5, 5.41) is 10.4. The lowest BCUT2D eigenvalue weighted by molar-refractivity contribution is -0.131. The molecule has 0 aromatic heterocycles. The van der Waals surface area contributed by atoms with Gasteiger partial charge in [0.05, 0.1) is 11.5 Å². The van der Waals surface area contributed by atoms with Crippen LogP contribution in [-0.4, -0.2) is 23.8 Å². The number of nitrogens with one attached hydrogen (secondary N) is 2. The fraction of sp³-hybridized carbons (Fsp3) is 0.222. The molecule has 0 aliphatic carbocycles. The highest BCUT2D eigenvalue weighted by Crippen LogP contribution is 3.02. The summed E-state index contributed by atoms with van der Waals surface area (Å²) in [7, 11) is -8.83. The molecule has 1 fully saturated rings. The molecule has 1 saturated heterocycles. The predicted molar refractivity (Wildman–Crippen MR) is 97.9 cm³/mol. The molecule has 0 saturated carbocycles.